The fraction of sp³-hybridized carbons (Fsp3) is 0.556. The number of aliphatic hydroxyl groups excluding tert-OH is 1. The summed E-state index contributed by atoms with van der Waals surface area (Å²) in [6, 6.07) is 7.28. The van der Waals surface area contributed by atoms with E-state index >= 15 is 0 Å². The number of piperidine rings is 1. The minimum Gasteiger partial charge on any atom is -0.481 e. The maximum atomic E-state index is 12.7. The number of aliphatic hydroxyl groups is 1. The number of amides is 1. The Kier molecular flexibility index (Phi) is 5.49. The lowest BCUT2D eigenvalue weighted by Gasteiger charge is -2.42. The number of carbonyl (C=O) groups excluding carboxylic acids is 1. The van der Waals surface area contributed by atoms with Crippen LogP contribution in [0.5, 0.6) is 0 Å². The molecule has 1 aliphatic heterocycles. The van der Waals surface area contributed by atoms with Crippen molar-refractivity contribution in [3.8, 4) is 0 Å². The number of carbonyl (C=O) groups is 2. The second-order valence-corrected chi connectivity index (χ2v) is 6.67. The molecular weight excluding hydrogens is 308 g/mol. The Morgan fingerprint density at radius 2 is 2.08 bits per heavy atom. The third-order valence-corrected chi connectivity index (χ3v) is 4.88. The van der Waals surface area contributed by atoms with E-state index in [-0.39, 0.29) is 18.9 Å². The van der Waals surface area contributed by atoms with Crippen LogP contribution in [-0.4, -0.2) is 60.3 Å². The van der Waals surface area contributed by atoms with Crippen LogP contribution >= 0.6 is 0 Å². The van der Waals surface area contributed by atoms with Crippen LogP contribution in [0.2, 0.25) is 0 Å². The number of likely N-dealkylation sites (tertiary alicyclic amines) is 1. The molecule has 2 atom stereocenters. The molecule has 1 amide bonds. The van der Waals surface area contributed by atoms with Gasteiger partial charge in [-0.25, -0.2) is 0 Å². The van der Waals surface area contributed by atoms with Crippen molar-refractivity contribution in [2.75, 3.05) is 32.1 Å². The maximum Gasteiger partial charge on any atom is 0.312 e. The van der Waals surface area contributed by atoms with Crippen LogP contribution in [-0.2, 0) is 4.79 Å². The molecule has 0 spiro atoms. The maximum absolute atomic E-state index is 12.7. The average molecular weight is 334 g/mol. The number of anilines is 1. The minimum atomic E-state index is -1.14. The predicted octanol–water partition coefficient (Wildman–Crippen LogP) is 1.83. The zero-order valence-electron chi connectivity index (χ0n) is 14.5. The number of carboxylic acids is 1. The molecule has 2 rings (SSSR count). The summed E-state index contributed by atoms with van der Waals surface area (Å²) < 4.78 is 0. The summed E-state index contributed by atoms with van der Waals surface area (Å²) in [5.74, 6) is -1.15. The molecule has 6 nitrogen and oxygen atoms in total. The zero-order valence-corrected chi connectivity index (χ0v) is 14.5. The number of hydrogen-bond acceptors (Lipinski definition) is 4. The topological polar surface area (TPSA) is 81.1 Å². The number of β-amino-alcohol motifs (C(OH)–C–C–N with tert-alkyl or cyclic N) is 1. The van der Waals surface area contributed by atoms with E-state index in [4.69, 9.17) is 0 Å². The van der Waals surface area contributed by atoms with Crippen molar-refractivity contribution < 1.29 is 19.8 Å². The lowest BCUT2D eigenvalue weighted by Crippen LogP contribution is -2.56. The van der Waals surface area contributed by atoms with E-state index < -0.39 is 17.5 Å². The molecule has 6 heteroatoms. The summed E-state index contributed by atoms with van der Waals surface area (Å²) in [4.78, 5) is 27.8. The van der Waals surface area contributed by atoms with Gasteiger partial charge in [0, 0.05) is 38.4 Å². The standard InChI is InChI=1S/C18H26N2O4/c1-4-8-18(17(23)24)9-10-20(12-15(18)21)16(22)13-6-5-7-14(11-13)19(2)3/h5-7,11,15,21H,4,8-10,12H2,1-3H3,(H,23,24)/t15-,18+/m1/s1. The van der Waals surface area contributed by atoms with E-state index in [9.17, 15) is 19.8 Å². The van der Waals surface area contributed by atoms with Crippen LogP contribution in [0.3, 0.4) is 0 Å². The van der Waals surface area contributed by atoms with Crippen molar-refractivity contribution >= 4 is 17.6 Å². The smallest absolute Gasteiger partial charge is 0.312 e. The first-order valence-electron chi connectivity index (χ1n) is 8.30. The van der Waals surface area contributed by atoms with Crippen LogP contribution in [0, 0.1) is 5.41 Å². The molecule has 0 aliphatic carbocycles. The first kappa shape index (κ1) is 18.3. The van der Waals surface area contributed by atoms with Crippen molar-refractivity contribution in [3.05, 3.63) is 29.8 Å². The van der Waals surface area contributed by atoms with E-state index in [1.807, 2.05) is 38.1 Å². The molecule has 1 saturated heterocycles. The SMILES string of the molecule is CCC[C@]1(C(=O)O)CCN(C(=O)c2cccc(N(C)C)c2)C[C@H]1O. The van der Waals surface area contributed by atoms with Gasteiger partial charge in [-0.05, 0) is 31.0 Å². The Morgan fingerprint density at radius 1 is 1.38 bits per heavy atom. The third kappa shape index (κ3) is 3.38. The number of benzene rings is 1. The lowest BCUT2D eigenvalue weighted by atomic mass is 9.72. The molecule has 1 fully saturated rings. The largest absolute Gasteiger partial charge is 0.481 e. The van der Waals surface area contributed by atoms with Crippen LogP contribution in [0.4, 0.5) is 5.69 Å². The molecule has 0 aromatic heterocycles. The molecule has 1 aromatic rings. The molecule has 2 N–H and O–H groups in total. The highest BCUT2D eigenvalue weighted by molar-refractivity contribution is 5.95. The van der Waals surface area contributed by atoms with Gasteiger partial charge in [-0.15, -0.1) is 0 Å². The predicted molar refractivity (Wildman–Crippen MR) is 92.3 cm³/mol. The summed E-state index contributed by atoms with van der Waals surface area (Å²) in [5, 5.41) is 20.0. The van der Waals surface area contributed by atoms with Gasteiger partial charge in [-0.1, -0.05) is 19.4 Å². The highest BCUT2D eigenvalue weighted by Gasteiger charge is 2.48. The summed E-state index contributed by atoms with van der Waals surface area (Å²) in [6.07, 6.45) is 0.324. The average Bonchev–Trinajstić information content (AvgIpc) is 2.56. The molecule has 1 heterocycles. The van der Waals surface area contributed by atoms with Gasteiger partial charge >= 0.3 is 5.97 Å². The molecule has 1 aliphatic rings. The zero-order chi connectivity index (χ0) is 17.9. The van der Waals surface area contributed by atoms with Gasteiger partial charge in [-0.2, -0.15) is 0 Å². The minimum absolute atomic E-state index is 0.0529. The Balaban J connectivity index is 2.17. The summed E-state index contributed by atoms with van der Waals surface area (Å²) >= 11 is 0. The van der Waals surface area contributed by atoms with Crippen LogP contribution in [0.15, 0.2) is 24.3 Å². The monoisotopic (exact) mass is 334 g/mol. The highest BCUT2D eigenvalue weighted by atomic mass is 16.4. The van der Waals surface area contributed by atoms with Gasteiger partial charge in [0.05, 0.1) is 11.5 Å². The van der Waals surface area contributed by atoms with Crippen molar-refractivity contribution in [2.24, 2.45) is 5.41 Å². The quantitative estimate of drug-likeness (QED) is 0.859. The van der Waals surface area contributed by atoms with Crippen molar-refractivity contribution in [1.29, 1.82) is 0 Å². The highest BCUT2D eigenvalue weighted by Crippen LogP contribution is 2.37. The lowest BCUT2D eigenvalue weighted by molar-refractivity contribution is -0.162. The van der Waals surface area contributed by atoms with E-state index in [1.54, 1.807) is 17.0 Å². The first-order valence-corrected chi connectivity index (χ1v) is 8.30. The molecule has 24 heavy (non-hydrogen) atoms. The molecule has 0 radical (unpaired) electrons. The fourth-order valence-electron chi connectivity index (χ4n) is 3.35. The Morgan fingerprint density at radius 3 is 2.62 bits per heavy atom. The van der Waals surface area contributed by atoms with E-state index in [0.29, 0.717) is 24.9 Å². The number of hydrogen-bond donors (Lipinski definition) is 2. The van der Waals surface area contributed by atoms with E-state index in [2.05, 4.69) is 0 Å². The van der Waals surface area contributed by atoms with Gasteiger partial charge in [0.15, 0.2) is 0 Å². The molecule has 1 aromatic carbocycles. The Labute approximate surface area is 142 Å². The normalized spacial score (nSPS) is 23.8. The van der Waals surface area contributed by atoms with Crippen molar-refractivity contribution in [2.45, 2.75) is 32.3 Å². The first-order chi connectivity index (χ1) is 11.3. The molecule has 132 valence electrons. The van der Waals surface area contributed by atoms with Crippen LogP contribution in [0.25, 0.3) is 0 Å². The van der Waals surface area contributed by atoms with E-state index in [1.165, 1.54) is 0 Å². The number of aliphatic carboxylic acids is 1. The fourth-order valence-corrected chi connectivity index (χ4v) is 3.35. The summed E-state index contributed by atoms with van der Waals surface area (Å²) in [6.45, 7) is 2.30. The van der Waals surface area contributed by atoms with Gasteiger partial charge in [0.2, 0.25) is 0 Å². The second-order valence-electron chi connectivity index (χ2n) is 6.67. The van der Waals surface area contributed by atoms with E-state index in [0.717, 1.165) is 5.69 Å². The van der Waals surface area contributed by atoms with Gasteiger partial charge in [-0.3, -0.25) is 9.59 Å². The molecule has 0 saturated carbocycles. The molecule has 0 bridgehead atoms. The number of carboxylic acid groups (broad SMARTS) is 1. The van der Waals surface area contributed by atoms with Crippen LogP contribution in [0.1, 0.15) is 36.5 Å². The third-order valence-electron chi connectivity index (χ3n) is 4.88. The number of rotatable bonds is 5. The van der Waals surface area contributed by atoms with Gasteiger partial charge in [0.1, 0.15) is 0 Å². The number of nitrogens with zero attached hydrogens (tertiary/aromatic N) is 2. The van der Waals surface area contributed by atoms with Gasteiger partial charge < -0.3 is 20.0 Å². The summed E-state index contributed by atoms with van der Waals surface area (Å²) in [5.41, 5.74) is 0.327. The van der Waals surface area contributed by atoms with Crippen molar-refractivity contribution in [3.63, 3.8) is 0 Å². The van der Waals surface area contributed by atoms with Crippen LogP contribution < -0.4 is 4.90 Å². The Bertz CT molecular complexity index is 617. The molecule has 0 unspecified atom stereocenters. The Hall–Kier alpha value is -2.08. The van der Waals surface area contributed by atoms with Crippen molar-refractivity contribution in [1.82, 2.24) is 4.90 Å². The summed E-state index contributed by atoms with van der Waals surface area (Å²) in [7, 11) is 3.81. The second kappa shape index (κ2) is 7.21. The molecular formula is C18H26N2O4. The van der Waals surface area contributed by atoms with Gasteiger partial charge in [0.25, 0.3) is 5.91 Å².